The number of carbonyl (C=O) groups excluding carboxylic acids is 1. The SMILES string of the molecule is CCOC(=O)N(c1ccc(Cl)cc1Cl)C1CCS(=O)(=O)C1. The summed E-state index contributed by atoms with van der Waals surface area (Å²) in [4.78, 5) is 13.5. The van der Waals surface area contributed by atoms with Crippen molar-refractivity contribution in [3.05, 3.63) is 28.2 Å². The van der Waals surface area contributed by atoms with E-state index in [1.807, 2.05) is 0 Å². The molecule has 0 N–H and O–H groups in total. The van der Waals surface area contributed by atoms with Crippen molar-refractivity contribution in [3.63, 3.8) is 0 Å². The Bertz CT molecular complexity index is 648. The van der Waals surface area contributed by atoms with Crippen LogP contribution in [0.1, 0.15) is 13.3 Å². The first-order chi connectivity index (χ1) is 9.84. The van der Waals surface area contributed by atoms with Gasteiger partial charge in [-0.05, 0) is 31.5 Å². The molecule has 0 aliphatic carbocycles. The first-order valence-electron chi connectivity index (χ1n) is 6.45. The molecule has 0 saturated carbocycles. The first kappa shape index (κ1) is 16.4. The largest absolute Gasteiger partial charge is 0.449 e. The van der Waals surface area contributed by atoms with E-state index in [1.165, 1.54) is 11.0 Å². The second kappa shape index (κ2) is 6.42. The Hall–Kier alpha value is -0.980. The molecule has 2 rings (SSSR count). The lowest BCUT2D eigenvalue weighted by molar-refractivity contribution is 0.157. The third kappa shape index (κ3) is 3.81. The van der Waals surface area contributed by atoms with Gasteiger partial charge in [-0.1, -0.05) is 23.2 Å². The number of amides is 1. The molecule has 1 heterocycles. The molecule has 8 heteroatoms. The number of hydrogen-bond donors (Lipinski definition) is 0. The molecule has 5 nitrogen and oxygen atoms in total. The Kier molecular flexibility index (Phi) is 5.01. The van der Waals surface area contributed by atoms with Crippen molar-refractivity contribution in [2.45, 2.75) is 19.4 Å². The molecule has 21 heavy (non-hydrogen) atoms. The maximum Gasteiger partial charge on any atom is 0.414 e. The van der Waals surface area contributed by atoms with Crippen molar-refractivity contribution in [2.75, 3.05) is 23.0 Å². The zero-order valence-corrected chi connectivity index (χ0v) is 13.7. The quantitative estimate of drug-likeness (QED) is 0.838. The molecule has 1 atom stereocenters. The average molecular weight is 352 g/mol. The summed E-state index contributed by atoms with van der Waals surface area (Å²) in [5.41, 5.74) is 0.404. The van der Waals surface area contributed by atoms with Crippen molar-refractivity contribution in [2.24, 2.45) is 0 Å². The minimum absolute atomic E-state index is 0.0543. The van der Waals surface area contributed by atoms with Gasteiger partial charge >= 0.3 is 6.09 Å². The predicted octanol–water partition coefficient (Wildman–Crippen LogP) is 3.14. The maximum absolute atomic E-state index is 12.2. The Balaban J connectivity index is 2.39. The molecular weight excluding hydrogens is 337 g/mol. The van der Waals surface area contributed by atoms with Crippen molar-refractivity contribution >= 4 is 44.8 Å². The van der Waals surface area contributed by atoms with Crippen LogP contribution in [0.3, 0.4) is 0 Å². The Morgan fingerprint density at radius 3 is 2.67 bits per heavy atom. The Labute approximate surface area is 133 Å². The number of hydrogen-bond acceptors (Lipinski definition) is 4. The van der Waals surface area contributed by atoms with Crippen LogP contribution in [0.15, 0.2) is 18.2 Å². The Morgan fingerprint density at radius 2 is 2.14 bits per heavy atom. The topological polar surface area (TPSA) is 63.7 Å². The van der Waals surface area contributed by atoms with E-state index in [1.54, 1.807) is 19.1 Å². The number of benzene rings is 1. The van der Waals surface area contributed by atoms with Gasteiger partial charge in [-0.2, -0.15) is 0 Å². The fourth-order valence-corrected chi connectivity index (χ4v) is 4.49. The fraction of sp³-hybridized carbons (Fsp3) is 0.462. The van der Waals surface area contributed by atoms with Crippen LogP contribution in [0.25, 0.3) is 0 Å². The molecular formula is C13H15Cl2NO4S. The molecule has 1 aliphatic heterocycles. The van der Waals surface area contributed by atoms with E-state index in [-0.39, 0.29) is 23.1 Å². The van der Waals surface area contributed by atoms with Crippen molar-refractivity contribution in [1.29, 1.82) is 0 Å². The number of halogens is 2. The van der Waals surface area contributed by atoms with Gasteiger partial charge in [0.2, 0.25) is 0 Å². The van der Waals surface area contributed by atoms with Gasteiger partial charge in [-0.15, -0.1) is 0 Å². The molecule has 1 aromatic rings. The van der Waals surface area contributed by atoms with E-state index in [0.29, 0.717) is 17.1 Å². The molecule has 1 fully saturated rings. The highest BCUT2D eigenvalue weighted by Gasteiger charge is 2.37. The van der Waals surface area contributed by atoms with E-state index in [4.69, 9.17) is 27.9 Å². The summed E-state index contributed by atoms with van der Waals surface area (Å²) in [5.74, 6) is -0.0381. The molecule has 1 aromatic carbocycles. The third-order valence-corrected chi connectivity index (χ3v) is 5.50. The average Bonchev–Trinajstić information content (AvgIpc) is 2.73. The standard InChI is InChI=1S/C13H15Cl2NO4S/c1-2-20-13(17)16(10-5-6-21(18,19)8-10)12-4-3-9(14)7-11(12)15/h3-4,7,10H,2,5-6,8H2,1H3. The zero-order chi connectivity index (χ0) is 15.6. The van der Waals surface area contributed by atoms with Gasteiger partial charge in [0.05, 0.1) is 34.9 Å². The number of nitrogens with zero attached hydrogens (tertiary/aromatic N) is 1. The molecule has 0 bridgehead atoms. The molecule has 1 saturated heterocycles. The maximum atomic E-state index is 12.2. The van der Waals surface area contributed by atoms with Crippen molar-refractivity contribution in [1.82, 2.24) is 0 Å². The summed E-state index contributed by atoms with van der Waals surface area (Å²) in [6.45, 7) is 1.88. The highest BCUT2D eigenvalue weighted by Crippen LogP contribution is 2.33. The minimum atomic E-state index is -3.14. The molecule has 1 unspecified atom stereocenters. The second-order valence-corrected chi connectivity index (χ2v) is 7.79. The number of ether oxygens (including phenoxy) is 1. The van der Waals surface area contributed by atoms with Gasteiger partial charge in [0, 0.05) is 5.02 Å². The monoisotopic (exact) mass is 351 g/mol. The van der Waals surface area contributed by atoms with Gasteiger partial charge in [-0.25, -0.2) is 13.2 Å². The number of anilines is 1. The summed E-state index contributed by atoms with van der Waals surface area (Å²) in [7, 11) is -3.14. The summed E-state index contributed by atoms with van der Waals surface area (Å²) < 4.78 is 28.4. The minimum Gasteiger partial charge on any atom is -0.449 e. The molecule has 1 aliphatic rings. The van der Waals surface area contributed by atoms with Crippen molar-refractivity contribution in [3.8, 4) is 0 Å². The lowest BCUT2D eigenvalue weighted by atomic mass is 10.2. The van der Waals surface area contributed by atoms with Gasteiger partial charge in [0.1, 0.15) is 0 Å². The zero-order valence-electron chi connectivity index (χ0n) is 11.4. The fourth-order valence-electron chi connectivity index (χ4n) is 2.29. The molecule has 116 valence electrons. The van der Waals surface area contributed by atoms with E-state index < -0.39 is 22.0 Å². The van der Waals surface area contributed by atoms with Gasteiger partial charge < -0.3 is 4.74 Å². The van der Waals surface area contributed by atoms with Gasteiger partial charge in [0.15, 0.2) is 9.84 Å². The van der Waals surface area contributed by atoms with Crippen LogP contribution < -0.4 is 4.90 Å². The number of sulfone groups is 1. The summed E-state index contributed by atoms with van der Waals surface area (Å²) in [5, 5.41) is 0.714. The summed E-state index contributed by atoms with van der Waals surface area (Å²) >= 11 is 12.0. The van der Waals surface area contributed by atoms with Crippen LogP contribution in [-0.4, -0.2) is 38.7 Å². The van der Waals surface area contributed by atoms with Crippen LogP contribution in [0.2, 0.25) is 10.0 Å². The van der Waals surface area contributed by atoms with E-state index in [2.05, 4.69) is 0 Å². The molecule has 1 amide bonds. The predicted molar refractivity (Wildman–Crippen MR) is 83.0 cm³/mol. The lowest BCUT2D eigenvalue weighted by Gasteiger charge is -2.28. The Morgan fingerprint density at radius 1 is 1.43 bits per heavy atom. The lowest BCUT2D eigenvalue weighted by Crippen LogP contribution is -2.42. The van der Waals surface area contributed by atoms with E-state index in [0.717, 1.165) is 0 Å². The van der Waals surface area contributed by atoms with Crippen LogP contribution in [0, 0.1) is 0 Å². The normalized spacial score (nSPS) is 20.2. The van der Waals surface area contributed by atoms with Crippen molar-refractivity contribution < 1.29 is 17.9 Å². The first-order valence-corrected chi connectivity index (χ1v) is 9.03. The highest BCUT2D eigenvalue weighted by molar-refractivity contribution is 7.91. The third-order valence-electron chi connectivity index (χ3n) is 3.21. The second-order valence-electron chi connectivity index (χ2n) is 4.72. The highest BCUT2D eigenvalue weighted by atomic mass is 35.5. The molecule has 0 radical (unpaired) electrons. The van der Waals surface area contributed by atoms with Gasteiger partial charge in [-0.3, -0.25) is 4.90 Å². The van der Waals surface area contributed by atoms with Crippen LogP contribution in [0.4, 0.5) is 10.5 Å². The molecule has 0 spiro atoms. The number of carbonyl (C=O) groups is 1. The summed E-state index contributed by atoms with van der Waals surface area (Å²) in [6, 6.07) is 4.21. The van der Waals surface area contributed by atoms with E-state index >= 15 is 0 Å². The van der Waals surface area contributed by atoms with E-state index in [9.17, 15) is 13.2 Å². The van der Waals surface area contributed by atoms with Crippen LogP contribution in [-0.2, 0) is 14.6 Å². The molecule has 0 aromatic heterocycles. The smallest absolute Gasteiger partial charge is 0.414 e. The summed E-state index contributed by atoms with van der Waals surface area (Å²) in [6.07, 6.45) is -0.246. The van der Waals surface area contributed by atoms with Crippen LogP contribution >= 0.6 is 23.2 Å². The van der Waals surface area contributed by atoms with Crippen LogP contribution in [0.5, 0.6) is 0 Å². The number of rotatable bonds is 3. The van der Waals surface area contributed by atoms with Gasteiger partial charge in [0.25, 0.3) is 0 Å².